The summed E-state index contributed by atoms with van der Waals surface area (Å²) in [5.74, 6) is 0.833. The van der Waals surface area contributed by atoms with Crippen LogP contribution < -0.4 is 10.1 Å². The van der Waals surface area contributed by atoms with Gasteiger partial charge in [-0.2, -0.15) is 5.10 Å². The third-order valence-electron chi connectivity index (χ3n) is 3.68. The van der Waals surface area contributed by atoms with Gasteiger partial charge in [-0.05, 0) is 38.1 Å². The molecule has 1 aromatic carbocycles. The van der Waals surface area contributed by atoms with Crippen molar-refractivity contribution in [2.75, 3.05) is 7.05 Å². The van der Waals surface area contributed by atoms with Gasteiger partial charge in [0.2, 0.25) is 0 Å². The highest BCUT2D eigenvalue weighted by Crippen LogP contribution is 2.23. The number of ether oxygens (including phenoxy) is 1. The first-order chi connectivity index (χ1) is 10.1. The normalized spacial score (nSPS) is 12.4. The Morgan fingerprint density at radius 3 is 2.48 bits per heavy atom. The second-order valence-electron chi connectivity index (χ2n) is 5.08. The number of benzene rings is 1. The van der Waals surface area contributed by atoms with Crippen LogP contribution in [0.15, 0.2) is 24.3 Å². The third-order valence-corrected chi connectivity index (χ3v) is 4.17. The van der Waals surface area contributed by atoms with Crippen molar-refractivity contribution < 1.29 is 4.74 Å². The molecule has 5 heteroatoms. The first-order valence-electron chi connectivity index (χ1n) is 7.14. The van der Waals surface area contributed by atoms with Gasteiger partial charge >= 0.3 is 0 Å². The molecule has 2 aromatic rings. The molecule has 114 valence electrons. The van der Waals surface area contributed by atoms with E-state index in [1.54, 1.807) is 4.68 Å². The minimum Gasteiger partial charge on any atom is -0.487 e. The van der Waals surface area contributed by atoms with Gasteiger partial charge in [-0.25, -0.2) is 0 Å². The highest BCUT2D eigenvalue weighted by atomic mass is 35.5. The average molecular weight is 308 g/mol. The zero-order chi connectivity index (χ0) is 15.4. The average Bonchev–Trinajstić information content (AvgIpc) is 2.73. The van der Waals surface area contributed by atoms with Gasteiger partial charge in [0.05, 0.1) is 16.4 Å². The van der Waals surface area contributed by atoms with Crippen LogP contribution in [0.2, 0.25) is 5.02 Å². The summed E-state index contributed by atoms with van der Waals surface area (Å²) in [6, 6.07) is 8.55. The Kier molecular flexibility index (Phi) is 5.26. The van der Waals surface area contributed by atoms with Crippen molar-refractivity contribution in [1.29, 1.82) is 0 Å². The molecule has 1 N–H and O–H groups in total. The lowest BCUT2D eigenvalue weighted by atomic mass is 10.1. The maximum Gasteiger partial charge on any atom is 0.131 e. The molecular formula is C16H22ClN3O. The Hall–Kier alpha value is -1.52. The molecule has 0 fully saturated rings. The maximum absolute atomic E-state index is 6.21. The van der Waals surface area contributed by atoms with Crippen molar-refractivity contribution in [3.05, 3.63) is 46.2 Å². The molecule has 1 heterocycles. The fourth-order valence-electron chi connectivity index (χ4n) is 2.39. The summed E-state index contributed by atoms with van der Waals surface area (Å²) in [6.07, 6.45) is 1.06. The lowest BCUT2D eigenvalue weighted by Gasteiger charge is -2.15. The molecule has 0 saturated carbocycles. The quantitative estimate of drug-likeness (QED) is 0.885. The molecule has 1 atom stereocenters. The van der Waals surface area contributed by atoms with E-state index in [0.29, 0.717) is 17.7 Å². The van der Waals surface area contributed by atoms with Gasteiger partial charge in [0.1, 0.15) is 12.4 Å². The van der Waals surface area contributed by atoms with Crippen LogP contribution in [0.1, 0.15) is 36.3 Å². The van der Waals surface area contributed by atoms with Crippen LogP contribution in [0.3, 0.4) is 0 Å². The zero-order valence-corrected chi connectivity index (χ0v) is 13.7. The molecule has 21 heavy (non-hydrogen) atoms. The molecule has 0 spiro atoms. The molecule has 0 aliphatic carbocycles. The molecule has 1 unspecified atom stereocenters. The van der Waals surface area contributed by atoms with Gasteiger partial charge in [0.25, 0.3) is 0 Å². The molecule has 0 aliphatic heterocycles. The Morgan fingerprint density at radius 2 is 2.00 bits per heavy atom. The van der Waals surface area contributed by atoms with Gasteiger partial charge in [0.15, 0.2) is 0 Å². The van der Waals surface area contributed by atoms with E-state index >= 15 is 0 Å². The fourth-order valence-corrected chi connectivity index (χ4v) is 2.61. The minimum absolute atomic E-state index is 0.383. The first-order valence-corrected chi connectivity index (χ1v) is 7.52. The number of hydrogen-bond donors (Lipinski definition) is 1. The van der Waals surface area contributed by atoms with E-state index in [9.17, 15) is 0 Å². The van der Waals surface area contributed by atoms with E-state index in [1.165, 1.54) is 5.56 Å². The summed E-state index contributed by atoms with van der Waals surface area (Å²) in [4.78, 5) is 0. The summed E-state index contributed by atoms with van der Waals surface area (Å²) in [6.45, 7) is 4.47. The Balaban J connectivity index is 2.04. The molecule has 0 bridgehead atoms. The summed E-state index contributed by atoms with van der Waals surface area (Å²) in [7, 11) is 3.85. The lowest BCUT2D eigenvalue weighted by molar-refractivity contribution is 0.295. The predicted molar refractivity (Wildman–Crippen MR) is 85.8 cm³/mol. The van der Waals surface area contributed by atoms with Crippen LogP contribution in [0, 0.1) is 6.92 Å². The smallest absolute Gasteiger partial charge is 0.131 e. The maximum atomic E-state index is 6.21. The molecule has 0 aliphatic rings. The van der Waals surface area contributed by atoms with Gasteiger partial charge in [-0.1, -0.05) is 30.7 Å². The van der Waals surface area contributed by atoms with E-state index in [2.05, 4.69) is 29.5 Å². The Morgan fingerprint density at radius 1 is 1.33 bits per heavy atom. The highest BCUT2D eigenvalue weighted by molar-refractivity contribution is 6.31. The molecule has 4 nitrogen and oxygen atoms in total. The standard InChI is InChI=1S/C16H22ClN3O/c1-5-14(18-3)12-6-8-13(9-7-12)21-10-15-16(17)11(2)19-20(15)4/h6-9,14,18H,5,10H2,1-4H3. The van der Waals surface area contributed by atoms with Crippen molar-refractivity contribution in [3.8, 4) is 5.75 Å². The first kappa shape index (κ1) is 15.9. The number of rotatable bonds is 6. The van der Waals surface area contributed by atoms with Crippen molar-refractivity contribution in [2.45, 2.75) is 32.9 Å². The summed E-state index contributed by atoms with van der Waals surface area (Å²) in [5.41, 5.74) is 2.98. The van der Waals surface area contributed by atoms with Gasteiger partial charge in [-0.15, -0.1) is 0 Å². The summed E-state index contributed by atoms with van der Waals surface area (Å²) >= 11 is 6.21. The molecule has 2 rings (SSSR count). The molecule has 0 saturated heterocycles. The van der Waals surface area contributed by atoms with E-state index in [0.717, 1.165) is 23.6 Å². The zero-order valence-electron chi connectivity index (χ0n) is 13.0. The van der Waals surface area contributed by atoms with Crippen LogP contribution in [-0.4, -0.2) is 16.8 Å². The van der Waals surface area contributed by atoms with Crippen LogP contribution in [0.5, 0.6) is 5.75 Å². The molecule has 0 radical (unpaired) electrons. The number of nitrogens with zero attached hydrogens (tertiary/aromatic N) is 2. The van der Waals surface area contributed by atoms with Crippen LogP contribution in [-0.2, 0) is 13.7 Å². The number of aromatic nitrogens is 2. The summed E-state index contributed by atoms with van der Waals surface area (Å²) in [5, 5.41) is 8.25. The van der Waals surface area contributed by atoms with E-state index in [4.69, 9.17) is 16.3 Å². The minimum atomic E-state index is 0.383. The Bertz CT molecular complexity index is 588. The van der Waals surface area contributed by atoms with Crippen molar-refractivity contribution in [1.82, 2.24) is 15.1 Å². The number of hydrogen-bond acceptors (Lipinski definition) is 3. The molecule has 0 amide bonds. The third kappa shape index (κ3) is 3.57. The second-order valence-corrected chi connectivity index (χ2v) is 5.45. The molecule has 1 aromatic heterocycles. The monoisotopic (exact) mass is 307 g/mol. The predicted octanol–water partition coefficient (Wildman–Crippen LogP) is 3.63. The van der Waals surface area contributed by atoms with Gasteiger partial charge < -0.3 is 10.1 Å². The summed E-state index contributed by atoms with van der Waals surface area (Å²) < 4.78 is 7.57. The van der Waals surface area contributed by atoms with Gasteiger partial charge in [-0.3, -0.25) is 4.68 Å². The van der Waals surface area contributed by atoms with Crippen molar-refractivity contribution in [2.24, 2.45) is 7.05 Å². The van der Waals surface area contributed by atoms with Crippen LogP contribution in [0.25, 0.3) is 0 Å². The largest absolute Gasteiger partial charge is 0.487 e. The van der Waals surface area contributed by atoms with Crippen molar-refractivity contribution >= 4 is 11.6 Å². The SMILES string of the molecule is CCC(NC)c1ccc(OCc2c(Cl)c(C)nn2C)cc1. The fraction of sp³-hybridized carbons (Fsp3) is 0.438. The topological polar surface area (TPSA) is 39.1 Å². The number of aryl methyl sites for hydroxylation is 2. The molecular weight excluding hydrogens is 286 g/mol. The van der Waals surface area contributed by atoms with E-state index in [-0.39, 0.29) is 0 Å². The van der Waals surface area contributed by atoms with Crippen molar-refractivity contribution in [3.63, 3.8) is 0 Å². The van der Waals surface area contributed by atoms with E-state index in [1.807, 2.05) is 33.2 Å². The van der Waals surface area contributed by atoms with Crippen LogP contribution in [0.4, 0.5) is 0 Å². The number of halogens is 1. The lowest BCUT2D eigenvalue weighted by Crippen LogP contribution is -2.14. The Labute approximate surface area is 131 Å². The van der Waals surface area contributed by atoms with E-state index < -0.39 is 0 Å². The second kappa shape index (κ2) is 6.96. The van der Waals surface area contributed by atoms with Gasteiger partial charge in [0, 0.05) is 13.1 Å². The number of nitrogens with one attached hydrogen (secondary N) is 1. The highest BCUT2D eigenvalue weighted by Gasteiger charge is 2.12. The van der Waals surface area contributed by atoms with Crippen LogP contribution >= 0.6 is 11.6 Å².